The topological polar surface area (TPSA) is 13.1 Å². The second-order valence-corrected chi connectivity index (χ2v) is 6.48. The summed E-state index contributed by atoms with van der Waals surface area (Å²) in [5.41, 5.74) is 4.84. The lowest BCUT2D eigenvalue weighted by Gasteiger charge is -2.18. The number of rotatable bonds is 1. The van der Waals surface area contributed by atoms with E-state index in [0.29, 0.717) is 0 Å². The molecule has 0 aliphatic heterocycles. The Morgan fingerprint density at radius 1 is 0.850 bits per heavy atom. The lowest BCUT2D eigenvalue weighted by atomic mass is 9.86. The van der Waals surface area contributed by atoms with Gasteiger partial charge in [-0.1, -0.05) is 57.2 Å². The van der Waals surface area contributed by atoms with Crippen LogP contribution in [-0.4, -0.2) is 0 Å². The summed E-state index contributed by atoms with van der Waals surface area (Å²) < 4.78 is 5.96. The standard InChI is InChI=1S/C19H20O/c1-13-5-6-15-12-18(20-17(15)11-13)14-7-9-16(10-8-14)19(2,3)4/h5-12H,1-4H3. The molecule has 0 amide bonds. The zero-order valence-electron chi connectivity index (χ0n) is 12.5. The summed E-state index contributed by atoms with van der Waals surface area (Å²) in [6.07, 6.45) is 0. The van der Waals surface area contributed by atoms with Gasteiger partial charge in [-0.2, -0.15) is 0 Å². The second-order valence-electron chi connectivity index (χ2n) is 6.48. The van der Waals surface area contributed by atoms with Crippen LogP contribution < -0.4 is 0 Å². The van der Waals surface area contributed by atoms with E-state index in [0.717, 1.165) is 22.3 Å². The van der Waals surface area contributed by atoms with Gasteiger partial charge >= 0.3 is 0 Å². The van der Waals surface area contributed by atoms with Gasteiger partial charge in [0.2, 0.25) is 0 Å². The van der Waals surface area contributed by atoms with Crippen LogP contribution >= 0.6 is 0 Å². The minimum atomic E-state index is 0.184. The van der Waals surface area contributed by atoms with E-state index in [9.17, 15) is 0 Å². The van der Waals surface area contributed by atoms with Gasteiger partial charge in [-0.3, -0.25) is 0 Å². The van der Waals surface area contributed by atoms with Gasteiger partial charge in [0.05, 0.1) is 0 Å². The van der Waals surface area contributed by atoms with Crippen LogP contribution in [0.15, 0.2) is 52.9 Å². The van der Waals surface area contributed by atoms with Crippen LogP contribution in [0.25, 0.3) is 22.3 Å². The van der Waals surface area contributed by atoms with Crippen molar-refractivity contribution in [1.82, 2.24) is 0 Å². The van der Waals surface area contributed by atoms with E-state index >= 15 is 0 Å². The Hall–Kier alpha value is -2.02. The van der Waals surface area contributed by atoms with Gasteiger partial charge in [0.1, 0.15) is 11.3 Å². The van der Waals surface area contributed by atoms with E-state index in [4.69, 9.17) is 4.42 Å². The van der Waals surface area contributed by atoms with Crippen LogP contribution in [0.4, 0.5) is 0 Å². The minimum Gasteiger partial charge on any atom is -0.456 e. The molecule has 1 aromatic heterocycles. The normalized spacial score (nSPS) is 12.0. The second kappa shape index (κ2) is 4.52. The molecule has 2 aromatic carbocycles. The first-order valence-electron chi connectivity index (χ1n) is 7.04. The van der Waals surface area contributed by atoms with Crippen LogP contribution in [0.1, 0.15) is 31.9 Å². The fourth-order valence-corrected chi connectivity index (χ4v) is 2.42. The van der Waals surface area contributed by atoms with Crippen molar-refractivity contribution < 1.29 is 4.42 Å². The van der Waals surface area contributed by atoms with Crippen LogP contribution in [0.5, 0.6) is 0 Å². The third-order valence-electron chi connectivity index (χ3n) is 3.71. The van der Waals surface area contributed by atoms with Crippen molar-refractivity contribution >= 4 is 11.0 Å². The highest BCUT2D eigenvalue weighted by atomic mass is 16.3. The summed E-state index contributed by atoms with van der Waals surface area (Å²) in [5, 5.41) is 1.16. The van der Waals surface area contributed by atoms with E-state index in [2.05, 4.69) is 76.2 Å². The van der Waals surface area contributed by atoms with Crippen molar-refractivity contribution in [3.8, 4) is 11.3 Å². The van der Waals surface area contributed by atoms with Crippen LogP contribution in [0, 0.1) is 6.92 Å². The summed E-state index contributed by atoms with van der Waals surface area (Å²) in [5.74, 6) is 0.936. The van der Waals surface area contributed by atoms with Gasteiger partial charge in [0, 0.05) is 10.9 Å². The van der Waals surface area contributed by atoms with Crippen LogP contribution in [0.3, 0.4) is 0 Å². The SMILES string of the molecule is Cc1ccc2cc(-c3ccc(C(C)(C)C)cc3)oc2c1. The zero-order valence-corrected chi connectivity index (χ0v) is 12.5. The Balaban J connectivity index is 2.02. The monoisotopic (exact) mass is 264 g/mol. The summed E-state index contributed by atoms with van der Waals surface area (Å²) in [7, 11) is 0. The molecule has 0 N–H and O–H groups in total. The number of benzene rings is 2. The molecule has 0 fully saturated rings. The maximum atomic E-state index is 5.96. The Kier molecular flexibility index (Phi) is 2.93. The lowest BCUT2D eigenvalue weighted by Crippen LogP contribution is -2.10. The maximum Gasteiger partial charge on any atom is 0.135 e. The van der Waals surface area contributed by atoms with Crippen molar-refractivity contribution in [2.45, 2.75) is 33.1 Å². The number of furan rings is 1. The average Bonchev–Trinajstić information content (AvgIpc) is 2.80. The van der Waals surface area contributed by atoms with E-state index in [-0.39, 0.29) is 5.41 Å². The van der Waals surface area contributed by atoms with Gasteiger partial charge in [-0.15, -0.1) is 0 Å². The summed E-state index contributed by atoms with van der Waals surface area (Å²) in [6, 6.07) is 17.1. The number of aryl methyl sites for hydroxylation is 1. The molecule has 0 aliphatic carbocycles. The molecule has 1 nitrogen and oxygen atoms in total. The average molecular weight is 264 g/mol. The molecule has 0 radical (unpaired) electrons. The van der Waals surface area contributed by atoms with Gasteiger partial charge in [0.25, 0.3) is 0 Å². The summed E-state index contributed by atoms with van der Waals surface area (Å²) >= 11 is 0. The predicted octanol–water partition coefficient (Wildman–Crippen LogP) is 5.71. The van der Waals surface area contributed by atoms with Crippen LogP contribution in [0.2, 0.25) is 0 Å². The Bertz CT molecular complexity index is 740. The van der Waals surface area contributed by atoms with Crippen molar-refractivity contribution in [2.75, 3.05) is 0 Å². The van der Waals surface area contributed by atoms with Crippen LogP contribution in [-0.2, 0) is 5.41 Å². The molecule has 0 spiro atoms. The molecular formula is C19H20O. The first kappa shape index (κ1) is 13.0. The molecule has 3 aromatic rings. The number of hydrogen-bond donors (Lipinski definition) is 0. The van der Waals surface area contributed by atoms with E-state index < -0.39 is 0 Å². The van der Waals surface area contributed by atoms with Gasteiger partial charge in [-0.25, -0.2) is 0 Å². The first-order chi connectivity index (χ1) is 9.43. The molecule has 0 unspecified atom stereocenters. The third-order valence-corrected chi connectivity index (χ3v) is 3.71. The molecule has 0 atom stereocenters. The molecule has 0 saturated heterocycles. The molecule has 0 saturated carbocycles. The molecule has 102 valence electrons. The largest absolute Gasteiger partial charge is 0.456 e. The molecule has 3 rings (SSSR count). The Morgan fingerprint density at radius 2 is 1.55 bits per heavy atom. The quantitative estimate of drug-likeness (QED) is 0.549. The van der Waals surface area contributed by atoms with E-state index in [1.807, 2.05) is 0 Å². The predicted molar refractivity (Wildman–Crippen MR) is 85.1 cm³/mol. The smallest absolute Gasteiger partial charge is 0.135 e. The fourth-order valence-electron chi connectivity index (χ4n) is 2.42. The zero-order chi connectivity index (χ0) is 14.3. The highest BCUT2D eigenvalue weighted by Gasteiger charge is 2.14. The van der Waals surface area contributed by atoms with Crippen molar-refractivity contribution in [3.05, 3.63) is 59.7 Å². The van der Waals surface area contributed by atoms with Crippen molar-refractivity contribution in [3.63, 3.8) is 0 Å². The molecule has 0 bridgehead atoms. The van der Waals surface area contributed by atoms with Gasteiger partial charge in [-0.05, 0) is 35.6 Å². The maximum absolute atomic E-state index is 5.96. The molecule has 1 heterocycles. The van der Waals surface area contributed by atoms with Crippen molar-refractivity contribution in [1.29, 1.82) is 0 Å². The minimum absolute atomic E-state index is 0.184. The lowest BCUT2D eigenvalue weighted by molar-refractivity contribution is 0.590. The third kappa shape index (κ3) is 2.36. The van der Waals surface area contributed by atoms with E-state index in [1.54, 1.807) is 0 Å². The molecule has 0 aliphatic rings. The van der Waals surface area contributed by atoms with Gasteiger partial charge < -0.3 is 4.42 Å². The Morgan fingerprint density at radius 3 is 2.20 bits per heavy atom. The number of hydrogen-bond acceptors (Lipinski definition) is 1. The molecular weight excluding hydrogens is 244 g/mol. The van der Waals surface area contributed by atoms with Gasteiger partial charge in [0.15, 0.2) is 0 Å². The summed E-state index contributed by atoms with van der Waals surface area (Å²) in [6.45, 7) is 8.77. The molecule has 20 heavy (non-hydrogen) atoms. The summed E-state index contributed by atoms with van der Waals surface area (Å²) in [4.78, 5) is 0. The van der Waals surface area contributed by atoms with E-state index in [1.165, 1.54) is 11.1 Å². The highest BCUT2D eigenvalue weighted by molar-refractivity contribution is 5.83. The fraction of sp³-hybridized carbons (Fsp3) is 0.263. The Labute approximate surface area is 120 Å². The highest BCUT2D eigenvalue weighted by Crippen LogP contribution is 2.30. The number of fused-ring (bicyclic) bond motifs is 1. The molecule has 1 heteroatoms. The van der Waals surface area contributed by atoms with Crippen molar-refractivity contribution in [2.24, 2.45) is 0 Å². The first-order valence-corrected chi connectivity index (χ1v) is 7.04.